The summed E-state index contributed by atoms with van der Waals surface area (Å²) in [6.07, 6.45) is 10.2. The van der Waals surface area contributed by atoms with Crippen LogP contribution < -0.4 is 31.3 Å². The molecule has 0 bridgehead atoms. The summed E-state index contributed by atoms with van der Waals surface area (Å²) in [5.74, 6) is 13.1. The summed E-state index contributed by atoms with van der Waals surface area (Å²) in [7, 11) is 0. The van der Waals surface area contributed by atoms with E-state index in [-0.39, 0.29) is 0 Å². The first-order chi connectivity index (χ1) is 60.2. The molecule has 12 aromatic heterocycles. The van der Waals surface area contributed by atoms with E-state index < -0.39 is 0 Å². The molecular formula is C94H76N26OS. The van der Waals surface area contributed by atoms with Gasteiger partial charge in [0.2, 0.25) is 0 Å². The number of aryl methyl sites for hydroxylation is 2. The Labute approximate surface area is 702 Å². The second kappa shape index (κ2) is 36.3. The van der Waals surface area contributed by atoms with Gasteiger partial charge in [-0.3, -0.25) is 30.5 Å². The molecule has 22 rings (SSSR count). The fourth-order valence-electron chi connectivity index (χ4n) is 13.3. The van der Waals surface area contributed by atoms with Gasteiger partial charge in [-0.05, 0) is 135 Å². The average molecular weight is 1620 g/mol. The molecular weight excluding hydrogens is 1540 g/mol. The number of anilines is 10. The minimum atomic E-state index is 0.614. The molecule has 27 nitrogen and oxygen atoms in total. The zero-order valence-corrected chi connectivity index (χ0v) is 66.6. The number of hydrogen-bond donors (Lipinski definition) is 10. The Hall–Kier alpha value is -16.6. The number of hydrogen-bond acceptors (Lipinski definition) is 23. The molecule has 0 unspecified atom stereocenters. The number of ether oxygens (including phenoxy) is 1. The molecule has 1 aliphatic rings. The summed E-state index contributed by atoms with van der Waals surface area (Å²) in [4.78, 5) is 51.0. The number of para-hydroxylation sites is 6. The highest BCUT2D eigenvalue weighted by atomic mass is 32.1. The monoisotopic (exact) mass is 1620 g/mol. The van der Waals surface area contributed by atoms with Crippen molar-refractivity contribution in [3.05, 3.63) is 338 Å². The number of nitrogens with zero attached hydrogens (tertiary/aromatic N) is 16. The van der Waals surface area contributed by atoms with Crippen LogP contribution in [-0.4, -0.2) is 106 Å². The number of benzene rings is 9. The lowest BCUT2D eigenvalue weighted by Crippen LogP contribution is -1.99. The zero-order valence-electron chi connectivity index (χ0n) is 65.8. The molecule has 0 amide bonds. The molecule has 0 aliphatic heterocycles. The number of pyridine rings is 1. The number of nitrogens with one attached hydrogen (secondary N) is 10. The van der Waals surface area contributed by atoms with E-state index in [1.165, 1.54) is 18.5 Å². The van der Waals surface area contributed by atoms with E-state index >= 15 is 0 Å². The van der Waals surface area contributed by atoms with Crippen LogP contribution >= 0.6 is 11.3 Å². The predicted octanol–water partition coefficient (Wildman–Crippen LogP) is 21.8. The molecule has 12 heterocycles. The molecule has 1 aliphatic carbocycles. The van der Waals surface area contributed by atoms with Crippen molar-refractivity contribution in [2.75, 3.05) is 26.6 Å². The van der Waals surface area contributed by atoms with E-state index in [0.29, 0.717) is 29.2 Å². The maximum atomic E-state index is 6.00. The van der Waals surface area contributed by atoms with Crippen LogP contribution in [-0.2, 0) is 6.42 Å². The first kappa shape index (κ1) is 76.7. The summed E-state index contributed by atoms with van der Waals surface area (Å²) in [6.45, 7) is 4.05. The van der Waals surface area contributed by atoms with Crippen molar-refractivity contribution in [2.45, 2.75) is 39.0 Å². The first-order valence-electron chi connectivity index (χ1n) is 39.4. The highest BCUT2D eigenvalue weighted by Crippen LogP contribution is 2.41. The standard InChI is InChI=1S/C26H21N5O.C19H17N5.C17H13N5.C16H12N6.C16H13N5S/c1-2-8-19(9-3-1)32-20-10-6-7-18(15-20)25-27-22-12-5-4-11-21(22)26(29-25)28-24-16-23(30-31-24)17-13-14-17;1-2-14-12-17(24-23-14)21-19-15-10-6-7-11-16(15)20-18(22-19)13-8-4-3-5-9-13;1-2-6-12(7-3-1)16-19-14-9-5-4-8-13(14)17(21-16)20-15-10-11-18-22-15;1-2-4-13-12(3-1)16(20-14-7-10-18-22-14)21-15(19-13)11-5-8-17-9-6-11;1-10-8-14(21-20-10)18-16-12-4-2-3-5-13(12)17-15(19-16)11-6-7-22-9-11/h1-12,15-17H,13-14H2,(H2,27,28,29,30,31);3-12H,2H2,1H3,(H2,20,21,22,23,24);1-11H,(H2,18,19,20,21,22);1-10H,(H2,18,19,20,21,22);2-9H,1H3,(H2,17,18,19,20,21). The van der Waals surface area contributed by atoms with Gasteiger partial charge < -0.3 is 31.3 Å². The summed E-state index contributed by atoms with van der Waals surface area (Å²) in [5, 5.41) is 61.1. The third kappa shape index (κ3) is 18.6. The van der Waals surface area contributed by atoms with Gasteiger partial charge in [0.1, 0.15) is 52.2 Å². The van der Waals surface area contributed by atoms with E-state index in [9.17, 15) is 0 Å². The Balaban J connectivity index is 0.000000105. The van der Waals surface area contributed by atoms with Gasteiger partial charge in [0.15, 0.2) is 46.6 Å². The molecule has 0 atom stereocenters. The van der Waals surface area contributed by atoms with E-state index in [4.69, 9.17) is 19.7 Å². The fraction of sp³-hybridized carbons (Fsp3) is 0.0638. The van der Waals surface area contributed by atoms with Gasteiger partial charge in [0.25, 0.3) is 0 Å². The first-order valence-corrected chi connectivity index (χ1v) is 40.4. The predicted molar refractivity (Wildman–Crippen MR) is 483 cm³/mol. The minimum absolute atomic E-state index is 0.614. The quantitative estimate of drug-likeness (QED) is 0.0359. The van der Waals surface area contributed by atoms with E-state index in [1.54, 1.807) is 36.1 Å². The number of thiophene rings is 1. The maximum Gasteiger partial charge on any atom is 0.163 e. The van der Waals surface area contributed by atoms with Crippen LogP contribution in [0, 0.1) is 6.92 Å². The Bertz CT molecular complexity index is 6880. The highest BCUT2D eigenvalue weighted by molar-refractivity contribution is 7.08. The van der Waals surface area contributed by atoms with Crippen molar-refractivity contribution >= 4 is 124 Å². The summed E-state index contributed by atoms with van der Waals surface area (Å²) in [6, 6.07) is 92.8. The molecule has 21 aromatic rings. The molecule has 10 N–H and O–H groups in total. The molecule has 0 saturated heterocycles. The second-order valence-electron chi connectivity index (χ2n) is 28.1. The van der Waals surface area contributed by atoms with E-state index in [0.717, 1.165) is 176 Å². The van der Waals surface area contributed by atoms with Gasteiger partial charge in [-0.2, -0.15) is 36.8 Å². The van der Waals surface area contributed by atoms with Gasteiger partial charge in [-0.1, -0.05) is 159 Å². The van der Waals surface area contributed by atoms with E-state index in [1.807, 2.05) is 297 Å². The van der Waals surface area contributed by atoms with Crippen molar-refractivity contribution in [3.63, 3.8) is 0 Å². The van der Waals surface area contributed by atoms with Crippen molar-refractivity contribution < 1.29 is 4.74 Å². The topological polar surface area (TPSA) is 355 Å². The SMILES string of the molecule is CCc1cc(Nc2nc(-c3ccccc3)nc3ccccc23)n[nH]1.Cc1cc(Nc2nc(-c3ccsc3)nc3ccccc23)n[nH]1.c1ccc(-c2nc(Nc3ccn[nH]3)c3ccccc3n2)cc1.c1ccc(Oc2cccc(-c3nc(Nc4cc(C5CC5)[nH]n4)c4ccccc4n3)c2)cc1.c1ccc2c(Nc3ccn[nH]3)nc(-c3ccncc3)nc2c1. The fourth-order valence-corrected chi connectivity index (χ4v) is 13.9. The van der Waals surface area contributed by atoms with Gasteiger partial charge in [0, 0.05) is 126 Å². The third-order valence-electron chi connectivity index (χ3n) is 19.4. The minimum Gasteiger partial charge on any atom is -0.457 e. The van der Waals surface area contributed by atoms with Crippen LogP contribution in [0.4, 0.5) is 58.2 Å². The molecule has 122 heavy (non-hydrogen) atoms. The number of aromatic nitrogens is 21. The average Bonchev–Trinajstić information content (AvgIpc) is 1.59. The Morgan fingerprint density at radius 3 is 1.16 bits per heavy atom. The normalized spacial score (nSPS) is 11.5. The molecule has 28 heteroatoms. The van der Waals surface area contributed by atoms with Crippen LogP contribution in [0.2, 0.25) is 0 Å². The maximum absolute atomic E-state index is 6.00. The Kier molecular flexibility index (Phi) is 22.8. The Morgan fingerprint density at radius 1 is 0.336 bits per heavy atom. The van der Waals surface area contributed by atoms with Gasteiger partial charge in [-0.25, -0.2) is 49.8 Å². The second-order valence-corrected chi connectivity index (χ2v) is 28.9. The highest BCUT2D eigenvalue weighted by Gasteiger charge is 2.26. The summed E-state index contributed by atoms with van der Waals surface area (Å²) >= 11 is 1.64. The summed E-state index contributed by atoms with van der Waals surface area (Å²) in [5.41, 5.74) is 12.5. The molecule has 1 fully saturated rings. The lowest BCUT2D eigenvalue weighted by Gasteiger charge is -2.11. The van der Waals surface area contributed by atoms with Gasteiger partial charge >= 0.3 is 0 Å². The van der Waals surface area contributed by atoms with Crippen molar-refractivity contribution in [1.82, 2.24) is 106 Å². The van der Waals surface area contributed by atoms with Gasteiger partial charge in [-0.15, -0.1) is 0 Å². The van der Waals surface area contributed by atoms with Crippen molar-refractivity contribution in [1.29, 1.82) is 0 Å². The number of fused-ring (bicyclic) bond motifs is 5. The number of H-pyrrole nitrogens is 5. The van der Waals surface area contributed by atoms with E-state index in [2.05, 4.69) is 130 Å². The lowest BCUT2D eigenvalue weighted by molar-refractivity contribution is 0.483. The zero-order chi connectivity index (χ0) is 82.2. The van der Waals surface area contributed by atoms with Crippen LogP contribution in [0.3, 0.4) is 0 Å². The summed E-state index contributed by atoms with van der Waals surface area (Å²) < 4.78 is 6.00. The Morgan fingerprint density at radius 2 is 0.730 bits per heavy atom. The number of rotatable bonds is 19. The molecule has 594 valence electrons. The van der Waals surface area contributed by atoms with Crippen LogP contribution in [0.1, 0.15) is 42.8 Å². The smallest absolute Gasteiger partial charge is 0.163 e. The van der Waals surface area contributed by atoms with Crippen LogP contribution in [0.25, 0.3) is 111 Å². The lowest BCUT2D eigenvalue weighted by atomic mass is 10.1. The van der Waals surface area contributed by atoms with Crippen molar-refractivity contribution in [3.8, 4) is 68.4 Å². The molecule has 0 spiro atoms. The molecule has 9 aromatic carbocycles. The number of aromatic amines is 5. The van der Waals surface area contributed by atoms with Gasteiger partial charge in [0.05, 0.1) is 40.0 Å². The molecule has 1 saturated carbocycles. The van der Waals surface area contributed by atoms with Crippen LogP contribution in [0.15, 0.2) is 321 Å². The van der Waals surface area contributed by atoms with Crippen LogP contribution in [0.5, 0.6) is 11.5 Å². The van der Waals surface area contributed by atoms with Crippen molar-refractivity contribution in [2.24, 2.45) is 0 Å². The third-order valence-corrected chi connectivity index (χ3v) is 20.1. The molecule has 0 radical (unpaired) electrons. The largest absolute Gasteiger partial charge is 0.457 e.